The van der Waals surface area contributed by atoms with Crippen molar-refractivity contribution in [3.63, 3.8) is 0 Å². The fraction of sp³-hybridized carbons (Fsp3) is 0.0769. The Bertz CT molecular complexity index is 708. The zero-order chi connectivity index (χ0) is 15.6. The molecule has 21 heavy (non-hydrogen) atoms. The molecule has 0 aliphatic rings. The Hall–Kier alpha value is -2.28. The van der Waals surface area contributed by atoms with Crippen molar-refractivity contribution >= 4 is 23.6 Å². The van der Waals surface area contributed by atoms with Gasteiger partial charge in [-0.2, -0.15) is 18.3 Å². The first-order valence-corrected chi connectivity index (χ1v) is 5.98. The smallest absolute Gasteiger partial charge is 0.419 e. The van der Waals surface area contributed by atoms with Crippen LogP contribution in [0.2, 0.25) is 5.02 Å². The highest BCUT2D eigenvalue weighted by atomic mass is 35.5. The second-order valence-electron chi connectivity index (χ2n) is 4.02. The van der Waals surface area contributed by atoms with E-state index in [1.54, 1.807) is 6.07 Å². The van der Waals surface area contributed by atoms with Crippen LogP contribution in [-0.2, 0) is 11.0 Å². The predicted octanol–water partition coefficient (Wildman–Crippen LogP) is 3.64. The Kier molecular flexibility index (Phi) is 4.04. The van der Waals surface area contributed by atoms with Gasteiger partial charge in [0.1, 0.15) is 0 Å². The highest BCUT2D eigenvalue weighted by Gasteiger charge is 2.32. The van der Waals surface area contributed by atoms with Gasteiger partial charge in [-0.1, -0.05) is 23.7 Å². The molecule has 0 radical (unpaired) electrons. The van der Waals surface area contributed by atoms with Crippen LogP contribution in [0.4, 0.5) is 13.2 Å². The standard InChI is InChI=1S/C13H8ClF3N2O2/c14-10-3-1-2-8(4-5-11(20)21)12(10)19-7-9(6-18-19)13(15,16)17/h1-7H,(H,20,21)/b5-4+. The molecule has 0 fully saturated rings. The van der Waals surface area contributed by atoms with E-state index in [4.69, 9.17) is 16.7 Å². The van der Waals surface area contributed by atoms with Gasteiger partial charge < -0.3 is 5.11 Å². The average Bonchev–Trinajstić information content (AvgIpc) is 2.85. The SMILES string of the molecule is O=C(O)/C=C/c1cccc(Cl)c1-n1cc(C(F)(F)F)cn1. The second kappa shape index (κ2) is 5.61. The number of para-hydroxylation sites is 1. The third-order valence-electron chi connectivity index (χ3n) is 2.56. The summed E-state index contributed by atoms with van der Waals surface area (Å²) in [5, 5.41) is 12.4. The molecule has 8 heteroatoms. The van der Waals surface area contributed by atoms with Gasteiger partial charge in [0.2, 0.25) is 0 Å². The number of aromatic nitrogens is 2. The summed E-state index contributed by atoms with van der Waals surface area (Å²) in [5.41, 5.74) is -0.413. The average molecular weight is 317 g/mol. The molecule has 0 aliphatic carbocycles. The van der Waals surface area contributed by atoms with Gasteiger partial charge in [0.15, 0.2) is 0 Å². The van der Waals surface area contributed by atoms with Gasteiger partial charge in [-0.05, 0) is 12.1 Å². The number of nitrogens with zero attached hydrogens (tertiary/aromatic N) is 2. The van der Waals surface area contributed by atoms with Gasteiger partial charge in [0, 0.05) is 17.8 Å². The van der Waals surface area contributed by atoms with Gasteiger partial charge in [-0.25, -0.2) is 9.48 Å². The van der Waals surface area contributed by atoms with E-state index in [1.165, 1.54) is 18.2 Å². The summed E-state index contributed by atoms with van der Waals surface area (Å²) in [7, 11) is 0. The maximum absolute atomic E-state index is 12.6. The Morgan fingerprint density at radius 1 is 1.38 bits per heavy atom. The van der Waals surface area contributed by atoms with Gasteiger partial charge >= 0.3 is 12.1 Å². The van der Waals surface area contributed by atoms with E-state index in [0.29, 0.717) is 11.8 Å². The molecule has 0 bridgehead atoms. The summed E-state index contributed by atoms with van der Waals surface area (Å²) in [4.78, 5) is 10.5. The second-order valence-corrected chi connectivity index (χ2v) is 4.43. The largest absolute Gasteiger partial charge is 0.478 e. The fourth-order valence-corrected chi connectivity index (χ4v) is 1.93. The van der Waals surface area contributed by atoms with Crippen molar-refractivity contribution < 1.29 is 23.1 Å². The van der Waals surface area contributed by atoms with E-state index < -0.39 is 17.7 Å². The molecule has 110 valence electrons. The molecule has 0 atom stereocenters. The highest BCUT2D eigenvalue weighted by Crippen LogP contribution is 2.31. The lowest BCUT2D eigenvalue weighted by molar-refractivity contribution is -0.137. The molecule has 1 aromatic heterocycles. The van der Waals surface area contributed by atoms with Crippen molar-refractivity contribution in [1.82, 2.24) is 9.78 Å². The number of rotatable bonds is 3. The number of carboxylic acid groups (broad SMARTS) is 1. The van der Waals surface area contributed by atoms with Gasteiger partial charge in [0.25, 0.3) is 0 Å². The quantitative estimate of drug-likeness (QED) is 0.880. The number of hydrogen-bond acceptors (Lipinski definition) is 2. The summed E-state index contributed by atoms with van der Waals surface area (Å²) >= 11 is 5.98. The van der Waals surface area contributed by atoms with E-state index in [0.717, 1.165) is 17.0 Å². The number of hydrogen-bond donors (Lipinski definition) is 1. The van der Waals surface area contributed by atoms with Gasteiger partial charge in [-0.15, -0.1) is 0 Å². The normalized spacial score (nSPS) is 12.0. The molecular formula is C13H8ClF3N2O2. The molecule has 0 saturated heterocycles. The molecule has 0 unspecified atom stereocenters. The summed E-state index contributed by atoms with van der Waals surface area (Å²) < 4.78 is 38.7. The van der Waals surface area contributed by atoms with Crippen molar-refractivity contribution in [2.75, 3.05) is 0 Å². The summed E-state index contributed by atoms with van der Waals surface area (Å²) in [6, 6.07) is 4.56. The lowest BCUT2D eigenvalue weighted by Gasteiger charge is -2.08. The third-order valence-corrected chi connectivity index (χ3v) is 2.87. The maximum atomic E-state index is 12.6. The molecule has 0 saturated carbocycles. The first-order valence-electron chi connectivity index (χ1n) is 5.61. The molecule has 4 nitrogen and oxygen atoms in total. The molecule has 2 aromatic rings. The zero-order valence-electron chi connectivity index (χ0n) is 10.3. The molecular weight excluding hydrogens is 309 g/mol. The Labute approximate surface area is 122 Å². The zero-order valence-corrected chi connectivity index (χ0v) is 11.1. The van der Waals surface area contributed by atoms with Crippen LogP contribution in [-0.4, -0.2) is 20.9 Å². The van der Waals surface area contributed by atoms with Crippen LogP contribution in [0.5, 0.6) is 0 Å². The van der Waals surface area contributed by atoms with E-state index in [9.17, 15) is 18.0 Å². The van der Waals surface area contributed by atoms with Gasteiger partial charge in [-0.3, -0.25) is 0 Å². The minimum atomic E-state index is -4.52. The van der Waals surface area contributed by atoms with Crippen molar-refractivity contribution in [1.29, 1.82) is 0 Å². The highest BCUT2D eigenvalue weighted by molar-refractivity contribution is 6.32. The van der Waals surface area contributed by atoms with Crippen molar-refractivity contribution in [2.45, 2.75) is 6.18 Å². The van der Waals surface area contributed by atoms with Crippen molar-refractivity contribution in [3.8, 4) is 5.69 Å². The van der Waals surface area contributed by atoms with E-state index in [1.807, 2.05) is 0 Å². The fourth-order valence-electron chi connectivity index (χ4n) is 1.66. The Balaban J connectivity index is 2.53. The van der Waals surface area contributed by atoms with Crippen LogP contribution >= 0.6 is 11.6 Å². The number of carbonyl (C=O) groups is 1. The first kappa shape index (κ1) is 15.1. The number of carboxylic acids is 1. The van der Waals surface area contributed by atoms with Crippen molar-refractivity contribution in [2.24, 2.45) is 0 Å². The van der Waals surface area contributed by atoms with Crippen LogP contribution in [0.15, 0.2) is 36.7 Å². The van der Waals surface area contributed by atoms with Crippen molar-refractivity contribution in [3.05, 3.63) is 52.8 Å². The summed E-state index contributed by atoms with van der Waals surface area (Å²) in [5.74, 6) is -1.18. The lowest BCUT2D eigenvalue weighted by atomic mass is 10.1. The first-order chi connectivity index (χ1) is 9.79. The maximum Gasteiger partial charge on any atom is 0.419 e. The third kappa shape index (κ3) is 3.43. The number of benzene rings is 1. The minimum Gasteiger partial charge on any atom is -0.478 e. The summed E-state index contributed by atoms with van der Waals surface area (Å²) in [6.45, 7) is 0. The predicted molar refractivity (Wildman–Crippen MR) is 70.2 cm³/mol. The van der Waals surface area contributed by atoms with Crippen LogP contribution in [0, 0.1) is 0 Å². The topological polar surface area (TPSA) is 55.1 Å². The molecule has 2 rings (SSSR count). The lowest BCUT2D eigenvalue weighted by Crippen LogP contribution is -2.03. The molecule has 0 spiro atoms. The molecule has 1 aromatic carbocycles. The molecule has 1 N–H and O–H groups in total. The molecule has 1 heterocycles. The van der Waals surface area contributed by atoms with Crippen LogP contribution < -0.4 is 0 Å². The number of alkyl halides is 3. The molecule has 0 amide bonds. The molecule has 0 aliphatic heterocycles. The Morgan fingerprint density at radius 2 is 2.10 bits per heavy atom. The van der Waals surface area contributed by atoms with Crippen LogP contribution in [0.25, 0.3) is 11.8 Å². The van der Waals surface area contributed by atoms with Crippen LogP contribution in [0.3, 0.4) is 0 Å². The van der Waals surface area contributed by atoms with E-state index >= 15 is 0 Å². The Morgan fingerprint density at radius 3 is 2.67 bits per heavy atom. The summed E-state index contributed by atoms with van der Waals surface area (Å²) in [6.07, 6.45) is -0.953. The van der Waals surface area contributed by atoms with E-state index in [2.05, 4.69) is 5.10 Å². The minimum absolute atomic E-state index is 0.152. The van der Waals surface area contributed by atoms with E-state index in [-0.39, 0.29) is 10.7 Å². The van der Waals surface area contributed by atoms with Crippen LogP contribution in [0.1, 0.15) is 11.1 Å². The number of aliphatic carboxylic acids is 1. The van der Waals surface area contributed by atoms with Gasteiger partial charge in [0.05, 0.1) is 22.5 Å². The monoisotopic (exact) mass is 316 g/mol. The number of halogens is 4.